The molecule has 5 nitrogen and oxygen atoms in total. The number of rotatable bonds is 6. The predicted molar refractivity (Wildman–Crippen MR) is 111 cm³/mol. The third kappa shape index (κ3) is 4.71. The van der Waals surface area contributed by atoms with E-state index >= 15 is 0 Å². The number of hydrogen-bond donors (Lipinski definition) is 2. The molecule has 28 heavy (non-hydrogen) atoms. The SMILES string of the molecule is C[C@@H](NC(=O)c1cc(Cl)ccc1NS(=O)(=O)c1ccccc1)c1ccccc1. The second-order valence-electron chi connectivity index (χ2n) is 6.21. The van der Waals surface area contributed by atoms with Gasteiger partial charge in [0.2, 0.25) is 0 Å². The zero-order valence-corrected chi connectivity index (χ0v) is 16.7. The van der Waals surface area contributed by atoms with E-state index in [4.69, 9.17) is 11.6 Å². The molecule has 0 aromatic heterocycles. The number of amides is 1. The van der Waals surface area contributed by atoms with Gasteiger partial charge in [-0.05, 0) is 42.8 Å². The van der Waals surface area contributed by atoms with Gasteiger partial charge in [-0.2, -0.15) is 0 Å². The predicted octanol–water partition coefficient (Wildman–Crippen LogP) is 4.63. The molecule has 0 aliphatic carbocycles. The summed E-state index contributed by atoms with van der Waals surface area (Å²) in [4.78, 5) is 12.9. The first-order valence-electron chi connectivity index (χ1n) is 8.60. The van der Waals surface area contributed by atoms with E-state index in [1.54, 1.807) is 18.2 Å². The average molecular weight is 415 g/mol. The van der Waals surface area contributed by atoms with Gasteiger partial charge >= 0.3 is 0 Å². The highest BCUT2D eigenvalue weighted by molar-refractivity contribution is 7.92. The minimum absolute atomic E-state index is 0.106. The summed E-state index contributed by atoms with van der Waals surface area (Å²) in [5.74, 6) is -0.426. The van der Waals surface area contributed by atoms with E-state index < -0.39 is 15.9 Å². The maximum Gasteiger partial charge on any atom is 0.261 e. The van der Waals surface area contributed by atoms with Gasteiger partial charge in [0.15, 0.2) is 0 Å². The molecule has 3 rings (SSSR count). The van der Waals surface area contributed by atoms with Crippen molar-refractivity contribution in [2.24, 2.45) is 0 Å². The first kappa shape index (κ1) is 19.9. The smallest absolute Gasteiger partial charge is 0.261 e. The molecular weight excluding hydrogens is 396 g/mol. The van der Waals surface area contributed by atoms with Crippen LogP contribution in [0.4, 0.5) is 5.69 Å². The molecule has 0 saturated carbocycles. The summed E-state index contributed by atoms with van der Waals surface area (Å²) in [6, 6.07) is 21.6. The fourth-order valence-electron chi connectivity index (χ4n) is 2.70. The van der Waals surface area contributed by atoms with E-state index in [9.17, 15) is 13.2 Å². The summed E-state index contributed by atoms with van der Waals surface area (Å²) in [7, 11) is -3.84. The van der Waals surface area contributed by atoms with Gasteiger partial charge in [0, 0.05) is 5.02 Å². The lowest BCUT2D eigenvalue weighted by Gasteiger charge is -2.17. The number of anilines is 1. The topological polar surface area (TPSA) is 75.3 Å². The molecule has 0 aliphatic heterocycles. The summed E-state index contributed by atoms with van der Waals surface area (Å²) in [6.07, 6.45) is 0. The van der Waals surface area contributed by atoms with Gasteiger partial charge in [0.05, 0.1) is 22.2 Å². The highest BCUT2D eigenvalue weighted by Crippen LogP contribution is 2.24. The largest absolute Gasteiger partial charge is 0.345 e. The number of hydrogen-bond acceptors (Lipinski definition) is 3. The molecule has 1 atom stereocenters. The van der Waals surface area contributed by atoms with Crippen molar-refractivity contribution in [3.63, 3.8) is 0 Å². The van der Waals surface area contributed by atoms with Crippen LogP contribution in [0.1, 0.15) is 28.9 Å². The molecule has 0 fully saturated rings. The Bertz CT molecular complexity index is 1070. The number of carbonyl (C=O) groups excluding carboxylic acids is 1. The van der Waals surface area contributed by atoms with E-state index in [1.807, 2.05) is 37.3 Å². The molecule has 144 valence electrons. The number of carbonyl (C=O) groups is 1. The Hall–Kier alpha value is -2.83. The van der Waals surface area contributed by atoms with E-state index in [2.05, 4.69) is 10.0 Å². The number of nitrogens with one attached hydrogen (secondary N) is 2. The molecule has 7 heteroatoms. The Labute approximate surface area is 169 Å². The minimum Gasteiger partial charge on any atom is -0.345 e. The Morgan fingerprint density at radius 1 is 0.929 bits per heavy atom. The van der Waals surface area contributed by atoms with Crippen molar-refractivity contribution in [3.05, 3.63) is 95.0 Å². The van der Waals surface area contributed by atoms with Crippen LogP contribution in [-0.4, -0.2) is 14.3 Å². The molecule has 0 aliphatic rings. The van der Waals surface area contributed by atoms with Gasteiger partial charge in [0.25, 0.3) is 15.9 Å². The van der Waals surface area contributed by atoms with Crippen LogP contribution >= 0.6 is 11.6 Å². The fourth-order valence-corrected chi connectivity index (χ4v) is 3.97. The number of sulfonamides is 1. The molecule has 0 heterocycles. The first-order chi connectivity index (χ1) is 13.4. The quantitative estimate of drug-likeness (QED) is 0.617. The Morgan fingerprint density at radius 3 is 2.18 bits per heavy atom. The average Bonchev–Trinajstić information content (AvgIpc) is 2.70. The van der Waals surface area contributed by atoms with Crippen molar-refractivity contribution in [1.82, 2.24) is 5.32 Å². The van der Waals surface area contributed by atoms with Crippen molar-refractivity contribution in [1.29, 1.82) is 0 Å². The highest BCUT2D eigenvalue weighted by Gasteiger charge is 2.20. The van der Waals surface area contributed by atoms with Crippen LogP contribution in [0.2, 0.25) is 5.02 Å². The second-order valence-corrected chi connectivity index (χ2v) is 8.33. The van der Waals surface area contributed by atoms with Crippen molar-refractivity contribution in [2.75, 3.05) is 4.72 Å². The maximum absolute atomic E-state index is 12.8. The summed E-state index contributed by atoms with van der Waals surface area (Å²) in [5, 5.41) is 3.21. The summed E-state index contributed by atoms with van der Waals surface area (Å²) < 4.78 is 27.7. The van der Waals surface area contributed by atoms with E-state index in [1.165, 1.54) is 30.3 Å². The standard InChI is InChI=1S/C21H19ClN2O3S/c1-15(16-8-4-2-5-9-16)23-21(25)19-14-17(22)12-13-20(19)24-28(26,27)18-10-6-3-7-11-18/h2-15,24H,1H3,(H,23,25)/t15-/m1/s1. The van der Waals surface area contributed by atoms with Crippen LogP contribution in [0.15, 0.2) is 83.8 Å². The molecule has 0 radical (unpaired) electrons. The van der Waals surface area contributed by atoms with Gasteiger partial charge in [-0.3, -0.25) is 9.52 Å². The third-order valence-corrected chi connectivity index (χ3v) is 5.79. The lowest BCUT2D eigenvalue weighted by atomic mass is 10.1. The number of halogens is 1. The monoisotopic (exact) mass is 414 g/mol. The van der Waals surface area contributed by atoms with Crippen molar-refractivity contribution < 1.29 is 13.2 Å². The van der Waals surface area contributed by atoms with E-state index in [0.717, 1.165) is 5.56 Å². The molecule has 0 saturated heterocycles. The normalized spacial score (nSPS) is 12.2. The molecule has 2 N–H and O–H groups in total. The van der Waals surface area contributed by atoms with Crippen LogP contribution in [-0.2, 0) is 10.0 Å². The maximum atomic E-state index is 12.8. The first-order valence-corrected chi connectivity index (χ1v) is 10.5. The van der Waals surface area contributed by atoms with Gasteiger partial charge in [-0.15, -0.1) is 0 Å². The van der Waals surface area contributed by atoms with Crippen LogP contribution < -0.4 is 10.0 Å². The zero-order valence-electron chi connectivity index (χ0n) is 15.1. The molecular formula is C21H19ClN2O3S. The second kappa shape index (κ2) is 8.46. The van der Waals surface area contributed by atoms with Gasteiger partial charge in [-0.25, -0.2) is 8.42 Å². The van der Waals surface area contributed by atoms with Crippen LogP contribution in [0.25, 0.3) is 0 Å². The Morgan fingerprint density at radius 2 is 1.54 bits per heavy atom. The molecule has 0 unspecified atom stereocenters. The molecule has 0 bridgehead atoms. The van der Waals surface area contributed by atoms with Crippen molar-refractivity contribution >= 4 is 33.2 Å². The van der Waals surface area contributed by atoms with Gasteiger partial charge in [-0.1, -0.05) is 60.1 Å². The molecule has 0 spiro atoms. The number of benzene rings is 3. The zero-order chi connectivity index (χ0) is 20.1. The lowest BCUT2D eigenvalue weighted by Crippen LogP contribution is -2.28. The van der Waals surface area contributed by atoms with Gasteiger partial charge in [0.1, 0.15) is 0 Å². The highest BCUT2D eigenvalue weighted by atomic mass is 35.5. The van der Waals surface area contributed by atoms with Crippen LogP contribution in [0.3, 0.4) is 0 Å². The molecule has 3 aromatic carbocycles. The van der Waals surface area contributed by atoms with Gasteiger partial charge < -0.3 is 5.32 Å². The molecule has 1 amide bonds. The summed E-state index contributed by atoms with van der Waals surface area (Å²) in [5.41, 5.74) is 1.24. The Kier molecular flexibility index (Phi) is 6.02. The lowest BCUT2D eigenvalue weighted by molar-refractivity contribution is 0.0941. The summed E-state index contributed by atoms with van der Waals surface area (Å²) in [6.45, 7) is 1.85. The van der Waals surface area contributed by atoms with Crippen molar-refractivity contribution in [3.8, 4) is 0 Å². The van der Waals surface area contributed by atoms with Crippen LogP contribution in [0, 0.1) is 0 Å². The fraction of sp³-hybridized carbons (Fsp3) is 0.0952. The third-order valence-electron chi connectivity index (χ3n) is 4.17. The van der Waals surface area contributed by atoms with E-state index in [0.29, 0.717) is 5.02 Å². The molecule has 3 aromatic rings. The van der Waals surface area contributed by atoms with E-state index in [-0.39, 0.29) is 22.2 Å². The Balaban J connectivity index is 1.87. The van der Waals surface area contributed by atoms with Crippen LogP contribution in [0.5, 0.6) is 0 Å². The minimum atomic E-state index is -3.84. The van der Waals surface area contributed by atoms with Crippen molar-refractivity contribution in [2.45, 2.75) is 17.9 Å². The summed E-state index contributed by atoms with van der Waals surface area (Å²) >= 11 is 6.05.